The molecule has 0 fully saturated rings. The van der Waals surface area contributed by atoms with E-state index in [0.717, 1.165) is 0 Å². The molecule has 0 saturated heterocycles. The molecule has 0 atom stereocenters. The van der Waals surface area contributed by atoms with E-state index in [1.807, 2.05) is 0 Å². The van der Waals surface area contributed by atoms with Gasteiger partial charge in [0.1, 0.15) is 11.5 Å². The Bertz CT molecular complexity index is 628. The van der Waals surface area contributed by atoms with Crippen LogP contribution in [-0.4, -0.2) is 18.6 Å². The fourth-order valence-electron chi connectivity index (χ4n) is 1.70. The molecule has 0 bridgehead atoms. The zero-order chi connectivity index (χ0) is 13.2. The average molecular weight is 264 g/mol. The Labute approximate surface area is 105 Å². The molecule has 2 aromatic rings. The number of benzene rings is 2. The third-order valence-corrected chi connectivity index (χ3v) is 4.24. The van der Waals surface area contributed by atoms with Gasteiger partial charge in [0.05, 0.1) is 5.75 Å². The van der Waals surface area contributed by atoms with Gasteiger partial charge < -0.3 is 10.2 Å². The molecular formula is C13H12O4S. The topological polar surface area (TPSA) is 74.6 Å². The van der Waals surface area contributed by atoms with Gasteiger partial charge >= 0.3 is 0 Å². The average Bonchev–Trinajstić information content (AvgIpc) is 2.28. The van der Waals surface area contributed by atoms with Crippen molar-refractivity contribution in [3.63, 3.8) is 0 Å². The van der Waals surface area contributed by atoms with Crippen LogP contribution in [0.1, 0.15) is 5.56 Å². The molecule has 0 aliphatic carbocycles. The molecule has 18 heavy (non-hydrogen) atoms. The van der Waals surface area contributed by atoms with Crippen molar-refractivity contribution < 1.29 is 18.6 Å². The molecule has 0 unspecified atom stereocenters. The highest BCUT2D eigenvalue weighted by Crippen LogP contribution is 2.33. The maximum atomic E-state index is 12.1. The minimum Gasteiger partial charge on any atom is -0.506 e. The van der Waals surface area contributed by atoms with E-state index in [-0.39, 0.29) is 5.75 Å². The summed E-state index contributed by atoms with van der Waals surface area (Å²) in [6.45, 7) is 0. The van der Waals surface area contributed by atoms with E-state index in [2.05, 4.69) is 0 Å². The third kappa shape index (κ3) is 2.46. The Morgan fingerprint density at radius 2 is 1.39 bits per heavy atom. The first kappa shape index (κ1) is 12.4. The van der Waals surface area contributed by atoms with Crippen LogP contribution in [-0.2, 0) is 15.6 Å². The summed E-state index contributed by atoms with van der Waals surface area (Å²) in [5.41, 5.74) is 0.597. The second kappa shape index (κ2) is 4.70. The maximum Gasteiger partial charge on any atom is 0.189 e. The Morgan fingerprint density at radius 1 is 0.833 bits per heavy atom. The normalized spacial score (nSPS) is 11.3. The molecule has 4 nitrogen and oxygen atoms in total. The standard InChI is InChI=1S/C13H12O4S/c14-11-7-4-8-12(15)13(11)18(16,17)9-10-5-2-1-3-6-10/h1-8,14-15H,9H2. The molecule has 0 aliphatic rings. The molecule has 0 amide bonds. The Kier molecular flexibility index (Phi) is 3.25. The van der Waals surface area contributed by atoms with Crippen LogP contribution in [0.25, 0.3) is 0 Å². The molecule has 0 saturated carbocycles. The number of phenolic OH excluding ortho intramolecular Hbond substituents is 2. The molecule has 94 valence electrons. The van der Waals surface area contributed by atoms with Gasteiger partial charge in [0.15, 0.2) is 14.7 Å². The van der Waals surface area contributed by atoms with E-state index in [0.29, 0.717) is 5.56 Å². The highest BCUT2D eigenvalue weighted by atomic mass is 32.2. The van der Waals surface area contributed by atoms with E-state index < -0.39 is 26.2 Å². The Balaban J connectivity index is 2.44. The summed E-state index contributed by atoms with van der Waals surface area (Å²) < 4.78 is 24.2. The first-order valence-electron chi connectivity index (χ1n) is 5.28. The summed E-state index contributed by atoms with van der Waals surface area (Å²) in [5, 5.41) is 19.1. The highest BCUT2D eigenvalue weighted by Gasteiger charge is 2.23. The zero-order valence-electron chi connectivity index (χ0n) is 9.45. The van der Waals surface area contributed by atoms with E-state index in [9.17, 15) is 18.6 Å². The van der Waals surface area contributed by atoms with Gasteiger partial charge in [-0.3, -0.25) is 0 Å². The summed E-state index contributed by atoms with van der Waals surface area (Å²) in [7, 11) is -3.77. The predicted octanol–water partition coefficient (Wildman–Crippen LogP) is 2.07. The maximum absolute atomic E-state index is 12.1. The second-order valence-corrected chi connectivity index (χ2v) is 5.80. The summed E-state index contributed by atoms with van der Waals surface area (Å²) in [6, 6.07) is 12.4. The van der Waals surface area contributed by atoms with Crippen LogP contribution in [0.4, 0.5) is 0 Å². The molecule has 0 heterocycles. The number of sulfone groups is 1. The molecule has 0 spiro atoms. The van der Waals surface area contributed by atoms with Gasteiger partial charge in [0, 0.05) is 0 Å². The SMILES string of the molecule is O=S(=O)(Cc1ccccc1)c1c(O)cccc1O. The monoisotopic (exact) mass is 264 g/mol. The number of aromatic hydroxyl groups is 2. The molecule has 2 aromatic carbocycles. The van der Waals surface area contributed by atoms with E-state index in [4.69, 9.17) is 0 Å². The largest absolute Gasteiger partial charge is 0.506 e. The Hall–Kier alpha value is -2.01. The van der Waals surface area contributed by atoms with Crippen molar-refractivity contribution in [2.45, 2.75) is 10.6 Å². The van der Waals surface area contributed by atoms with E-state index >= 15 is 0 Å². The van der Waals surface area contributed by atoms with Crippen molar-refractivity contribution in [2.75, 3.05) is 0 Å². The van der Waals surface area contributed by atoms with Gasteiger partial charge in [-0.2, -0.15) is 0 Å². The van der Waals surface area contributed by atoms with Crippen LogP contribution in [0.3, 0.4) is 0 Å². The lowest BCUT2D eigenvalue weighted by molar-refractivity contribution is 0.423. The molecule has 5 heteroatoms. The lowest BCUT2D eigenvalue weighted by atomic mass is 10.2. The van der Waals surface area contributed by atoms with Gasteiger partial charge in [-0.05, 0) is 17.7 Å². The van der Waals surface area contributed by atoms with Crippen molar-refractivity contribution in [2.24, 2.45) is 0 Å². The minimum atomic E-state index is -3.77. The van der Waals surface area contributed by atoms with Crippen LogP contribution >= 0.6 is 0 Å². The molecule has 0 aromatic heterocycles. The van der Waals surface area contributed by atoms with Crippen LogP contribution in [0.15, 0.2) is 53.4 Å². The van der Waals surface area contributed by atoms with Gasteiger partial charge in [0.2, 0.25) is 0 Å². The minimum absolute atomic E-state index is 0.265. The smallest absolute Gasteiger partial charge is 0.189 e. The number of hydrogen-bond acceptors (Lipinski definition) is 4. The molecule has 0 radical (unpaired) electrons. The van der Waals surface area contributed by atoms with Gasteiger partial charge in [-0.1, -0.05) is 36.4 Å². The highest BCUT2D eigenvalue weighted by molar-refractivity contribution is 7.90. The second-order valence-electron chi connectivity index (χ2n) is 3.87. The van der Waals surface area contributed by atoms with E-state index in [1.165, 1.54) is 18.2 Å². The van der Waals surface area contributed by atoms with Gasteiger partial charge in [-0.15, -0.1) is 0 Å². The first-order valence-corrected chi connectivity index (χ1v) is 6.93. The van der Waals surface area contributed by atoms with E-state index in [1.54, 1.807) is 30.3 Å². The van der Waals surface area contributed by atoms with Crippen LogP contribution in [0.5, 0.6) is 11.5 Å². The molecule has 2 N–H and O–H groups in total. The van der Waals surface area contributed by atoms with Crippen molar-refractivity contribution in [1.82, 2.24) is 0 Å². The Morgan fingerprint density at radius 3 is 1.94 bits per heavy atom. The lowest BCUT2D eigenvalue weighted by Gasteiger charge is -2.08. The number of phenols is 2. The third-order valence-electron chi connectivity index (χ3n) is 2.48. The molecule has 0 aliphatic heterocycles. The van der Waals surface area contributed by atoms with Crippen LogP contribution in [0.2, 0.25) is 0 Å². The van der Waals surface area contributed by atoms with Crippen LogP contribution < -0.4 is 0 Å². The molecular weight excluding hydrogens is 252 g/mol. The van der Waals surface area contributed by atoms with Crippen molar-refractivity contribution in [1.29, 1.82) is 0 Å². The van der Waals surface area contributed by atoms with Gasteiger partial charge in [-0.25, -0.2) is 8.42 Å². The van der Waals surface area contributed by atoms with Crippen LogP contribution in [0, 0.1) is 0 Å². The summed E-state index contributed by atoms with van der Waals surface area (Å²) in [6.07, 6.45) is 0. The quantitative estimate of drug-likeness (QED) is 0.890. The fraction of sp³-hybridized carbons (Fsp3) is 0.0769. The zero-order valence-corrected chi connectivity index (χ0v) is 10.3. The lowest BCUT2D eigenvalue weighted by Crippen LogP contribution is -2.05. The first-order chi connectivity index (χ1) is 8.50. The van der Waals surface area contributed by atoms with Crippen molar-refractivity contribution >= 4 is 9.84 Å². The summed E-state index contributed by atoms with van der Waals surface area (Å²) in [5.74, 6) is -1.14. The van der Waals surface area contributed by atoms with Crippen molar-refractivity contribution in [3.8, 4) is 11.5 Å². The number of hydrogen-bond donors (Lipinski definition) is 2. The summed E-state index contributed by atoms with van der Waals surface area (Å²) in [4.78, 5) is -0.422. The molecule has 2 rings (SSSR count). The van der Waals surface area contributed by atoms with Crippen molar-refractivity contribution in [3.05, 3.63) is 54.1 Å². The van der Waals surface area contributed by atoms with Gasteiger partial charge in [0.25, 0.3) is 0 Å². The predicted molar refractivity (Wildman–Crippen MR) is 67.1 cm³/mol. The summed E-state index contributed by atoms with van der Waals surface area (Å²) >= 11 is 0. The number of rotatable bonds is 3. The fourth-order valence-corrected chi connectivity index (χ4v) is 3.25.